The van der Waals surface area contributed by atoms with Crippen molar-refractivity contribution in [1.82, 2.24) is 9.13 Å². The Kier molecular flexibility index (Phi) is 11.5. The van der Waals surface area contributed by atoms with Crippen molar-refractivity contribution in [2.24, 2.45) is 0 Å². The van der Waals surface area contributed by atoms with Crippen LogP contribution >= 0.6 is 0 Å². The van der Waals surface area contributed by atoms with Gasteiger partial charge < -0.3 is 9.13 Å². The Morgan fingerprint density at radius 2 is 0.855 bits per heavy atom. The van der Waals surface area contributed by atoms with Crippen LogP contribution in [0.4, 0.5) is 58.4 Å². The van der Waals surface area contributed by atoms with E-state index >= 15 is 0 Å². The van der Waals surface area contributed by atoms with Gasteiger partial charge in [-0.1, -0.05) is 96.6 Å². The molecule has 11 aromatic rings. The molecule has 378 valence electrons. The monoisotopic (exact) mass is 1040 g/mol. The van der Waals surface area contributed by atoms with E-state index in [-0.39, 0.29) is 34.0 Å². The number of rotatable bonds is 6. The number of hydrogen-bond acceptors (Lipinski definition) is 0. The lowest BCUT2D eigenvalue weighted by Gasteiger charge is -2.21. The van der Waals surface area contributed by atoms with E-state index in [0.29, 0.717) is 88.9 Å². The largest absolute Gasteiger partial charge is 0.417 e. The molecule has 0 N–H and O–H groups in total. The van der Waals surface area contributed by atoms with Gasteiger partial charge in [-0.3, -0.25) is 0 Å². The van der Waals surface area contributed by atoms with Gasteiger partial charge in [-0.2, -0.15) is 52.7 Å². The number of para-hydroxylation sites is 2. The Bertz CT molecular complexity index is 4220. The zero-order valence-electron chi connectivity index (χ0n) is 39.6. The van der Waals surface area contributed by atoms with Crippen LogP contribution in [0.5, 0.6) is 0 Å². The van der Waals surface area contributed by atoms with Crippen molar-refractivity contribution in [2.75, 3.05) is 0 Å². The van der Waals surface area contributed by atoms with Crippen LogP contribution < -0.4 is 0 Å². The molecule has 9 aromatic carbocycles. The zero-order chi connectivity index (χ0) is 53.8. The molecule has 0 saturated carbocycles. The van der Waals surface area contributed by atoms with Crippen LogP contribution in [0.2, 0.25) is 0 Å². The predicted molar refractivity (Wildman–Crippen MR) is 273 cm³/mol. The standard InChI is InChI=1S/C61H35F12N3/c1-33-12-18-42(50(26-33)60(68,69)70)36-15-22-55-48(28-36)45-9-5-7-11-53(45)76(55)57-30-35(38-24-34(2)25-40(27-38)59(65,66)67)13-19-46(57)49-32-41(74-3)17-23-56(49)75-52-10-6-4-8-44(52)47-29-37(14-21-54(47)75)43-20-16-39(58(62,63)64)31-51(43)61(71,72)73/h4-32H,1-2H3. The molecule has 2 aromatic heterocycles. The van der Waals surface area contributed by atoms with Gasteiger partial charge >= 0.3 is 24.7 Å². The van der Waals surface area contributed by atoms with E-state index in [1.807, 2.05) is 21.3 Å². The highest BCUT2D eigenvalue weighted by Crippen LogP contribution is 2.47. The minimum Gasteiger partial charge on any atom is -0.309 e. The van der Waals surface area contributed by atoms with Crippen LogP contribution in [-0.2, 0) is 24.7 Å². The first kappa shape index (κ1) is 49.4. The van der Waals surface area contributed by atoms with E-state index in [2.05, 4.69) is 4.85 Å². The smallest absolute Gasteiger partial charge is 0.309 e. The van der Waals surface area contributed by atoms with Gasteiger partial charge in [0.1, 0.15) is 0 Å². The molecule has 0 saturated heterocycles. The molecule has 0 atom stereocenters. The summed E-state index contributed by atoms with van der Waals surface area (Å²) in [5.41, 5.74) is 0.600. The molecule has 0 aliphatic carbocycles. The normalized spacial score (nSPS) is 12.6. The highest BCUT2D eigenvalue weighted by Gasteiger charge is 2.39. The van der Waals surface area contributed by atoms with Crippen LogP contribution in [0.1, 0.15) is 33.4 Å². The molecule has 76 heavy (non-hydrogen) atoms. The number of nitrogens with zero attached hydrogens (tertiary/aromatic N) is 3. The average molecular weight is 1040 g/mol. The van der Waals surface area contributed by atoms with Crippen LogP contribution in [0.3, 0.4) is 0 Å². The molecule has 2 heterocycles. The first-order chi connectivity index (χ1) is 36.0. The van der Waals surface area contributed by atoms with Gasteiger partial charge in [0.15, 0.2) is 5.69 Å². The molecule has 0 unspecified atom stereocenters. The molecule has 0 spiro atoms. The quantitative estimate of drug-likeness (QED) is 0.116. The zero-order valence-corrected chi connectivity index (χ0v) is 39.6. The minimum absolute atomic E-state index is 0.00531. The Balaban J connectivity index is 1.19. The summed E-state index contributed by atoms with van der Waals surface area (Å²) in [5.74, 6) is 0. The molecule has 3 nitrogen and oxygen atoms in total. The van der Waals surface area contributed by atoms with Crippen molar-refractivity contribution in [1.29, 1.82) is 0 Å². The number of halogens is 12. The van der Waals surface area contributed by atoms with E-state index in [4.69, 9.17) is 6.57 Å². The maximum absolute atomic E-state index is 14.6. The van der Waals surface area contributed by atoms with Gasteiger partial charge in [-0.05, 0) is 143 Å². The summed E-state index contributed by atoms with van der Waals surface area (Å²) in [6.45, 7) is 11.3. The van der Waals surface area contributed by atoms with Crippen LogP contribution in [0.25, 0.3) is 104 Å². The highest BCUT2D eigenvalue weighted by molar-refractivity contribution is 6.13. The second-order valence-electron chi connectivity index (χ2n) is 18.6. The summed E-state index contributed by atoms with van der Waals surface area (Å²) < 4.78 is 175. The van der Waals surface area contributed by atoms with Gasteiger partial charge in [0.2, 0.25) is 0 Å². The van der Waals surface area contributed by atoms with Gasteiger partial charge in [0.05, 0.1) is 62.3 Å². The molecular formula is C61H35F12N3. The second kappa shape index (κ2) is 17.7. The third-order valence-corrected chi connectivity index (χ3v) is 13.7. The molecule has 0 amide bonds. The molecule has 0 fully saturated rings. The molecule has 0 bridgehead atoms. The van der Waals surface area contributed by atoms with E-state index in [1.54, 1.807) is 123 Å². The van der Waals surface area contributed by atoms with Gasteiger partial charge in [0.25, 0.3) is 0 Å². The first-order valence-corrected chi connectivity index (χ1v) is 23.4. The Hall–Kier alpha value is -8.77. The number of aryl methyl sites for hydroxylation is 2. The number of aromatic nitrogens is 2. The summed E-state index contributed by atoms with van der Waals surface area (Å²) in [6.07, 6.45) is -19.6. The minimum atomic E-state index is -5.15. The van der Waals surface area contributed by atoms with Crippen LogP contribution in [0.15, 0.2) is 176 Å². The van der Waals surface area contributed by atoms with Crippen molar-refractivity contribution < 1.29 is 52.7 Å². The molecule has 11 rings (SSSR count). The Labute approximate surface area is 424 Å². The van der Waals surface area contributed by atoms with E-state index in [0.717, 1.165) is 24.3 Å². The lowest BCUT2D eigenvalue weighted by Crippen LogP contribution is -2.12. The van der Waals surface area contributed by atoms with Crippen molar-refractivity contribution in [3.8, 4) is 55.9 Å². The average Bonchev–Trinajstić information content (AvgIpc) is 4.05. The second-order valence-corrected chi connectivity index (χ2v) is 18.6. The first-order valence-electron chi connectivity index (χ1n) is 23.4. The predicted octanol–water partition coefficient (Wildman–Crippen LogP) is 19.8. The third-order valence-electron chi connectivity index (χ3n) is 13.7. The molecule has 0 aliphatic heterocycles. The SMILES string of the molecule is [C-]#[N+]c1ccc(-n2c3ccccc3c3cc(-c4ccc(C(F)(F)F)cc4C(F)(F)F)ccc32)c(-c2ccc(-c3cc(C)cc(C(F)(F)F)c3)cc2-n2c3ccccc3c3cc(-c4ccc(C)cc4C(F)(F)F)ccc32)c1. The lowest BCUT2D eigenvalue weighted by molar-refractivity contribution is -0.143. The number of alkyl halides is 12. The van der Waals surface area contributed by atoms with Crippen molar-refractivity contribution in [2.45, 2.75) is 38.6 Å². The van der Waals surface area contributed by atoms with E-state index in [1.165, 1.54) is 18.2 Å². The lowest BCUT2D eigenvalue weighted by atomic mass is 9.94. The highest BCUT2D eigenvalue weighted by atomic mass is 19.4. The molecule has 15 heteroatoms. The number of benzene rings is 9. The maximum Gasteiger partial charge on any atom is 0.417 e. The third kappa shape index (κ3) is 8.57. The van der Waals surface area contributed by atoms with Gasteiger partial charge in [0, 0.05) is 27.1 Å². The molecular weight excluding hydrogens is 1000 g/mol. The summed E-state index contributed by atoms with van der Waals surface area (Å²) in [7, 11) is 0. The van der Waals surface area contributed by atoms with Crippen molar-refractivity contribution >= 4 is 49.3 Å². The topological polar surface area (TPSA) is 14.2 Å². The maximum atomic E-state index is 14.6. The van der Waals surface area contributed by atoms with Crippen LogP contribution in [0, 0.1) is 20.4 Å². The fourth-order valence-electron chi connectivity index (χ4n) is 10.4. The summed E-state index contributed by atoms with van der Waals surface area (Å²) in [5, 5.41) is 2.21. The summed E-state index contributed by atoms with van der Waals surface area (Å²) in [6, 6.07) is 42.9. The summed E-state index contributed by atoms with van der Waals surface area (Å²) >= 11 is 0. The van der Waals surface area contributed by atoms with Crippen LogP contribution in [-0.4, -0.2) is 9.13 Å². The van der Waals surface area contributed by atoms with E-state index < -0.39 is 52.5 Å². The van der Waals surface area contributed by atoms with Crippen molar-refractivity contribution in [3.05, 3.63) is 221 Å². The molecule has 0 radical (unpaired) electrons. The number of hydrogen-bond donors (Lipinski definition) is 0. The Morgan fingerprint density at radius 3 is 1.42 bits per heavy atom. The molecule has 0 aliphatic rings. The summed E-state index contributed by atoms with van der Waals surface area (Å²) in [4.78, 5) is 3.75. The van der Waals surface area contributed by atoms with Gasteiger partial charge in [-0.15, -0.1) is 0 Å². The van der Waals surface area contributed by atoms with E-state index in [9.17, 15) is 52.7 Å². The van der Waals surface area contributed by atoms with Crippen molar-refractivity contribution in [3.63, 3.8) is 0 Å². The fraction of sp³-hybridized carbons (Fsp3) is 0.0984. The Morgan fingerprint density at radius 1 is 0.342 bits per heavy atom. The number of fused-ring (bicyclic) bond motifs is 6. The van der Waals surface area contributed by atoms with Gasteiger partial charge in [-0.25, -0.2) is 4.85 Å². The fourth-order valence-corrected chi connectivity index (χ4v) is 10.4.